The van der Waals surface area contributed by atoms with Crippen LogP contribution in [-0.2, 0) is 21.4 Å². The zero-order valence-corrected chi connectivity index (χ0v) is 17.2. The number of benzene rings is 2. The van der Waals surface area contributed by atoms with E-state index >= 15 is 0 Å². The molecule has 0 atom stereocenters. The average Bonchev–Trinajstić information content (AvgIpc) is 2.71. The summed E-state index contributed by atoms with van der Waals surface area (Å²) in [7, 11) is -3.38. The van der Waals surface area contributed by atoms with Crippen LogP contribution in [0.1, 0.15) is 13.3 Å². The van der Waals surface area contributed by atoms with E-state index < -0.39 is 15.9 Å². The number of amides is 1. The lowest BCUT2D eigenvalue weighted by atomic mass is 10.1. The van der Waals surface area contributed by atoms with Crippen LogP contribution in [0, 0.1) is 0 Å². The summed E-state index contributed by atoms with van der Waals surface area (Å²) in [6.45, 7) is 1.54. The molecule has 2 aromatic carbocycles. The van der Waals surface area contributed by atoms with Crippen molar-refractivity contribution in [3.05, 3.63) is 77.1 Å². The van der Waals surface area contributed by atoms with Crippen molar-refractivity contribution in [2.75, 3.05) is 15.8 Å². The highest BCUT2D eigenvalue weighted by atomic mass is 32.2. The van der Waals surface area contributed by atoms with Gasteiger partial charge in [-0.05, 0) is 36.8 Å². The number of nitrogens with one attached hydrogen (secondary N) is 2. The van der Waals surface area contributed by atoms with Gasteiger partial charge in [0.25, 0.3) is 5.56 Å². The minimum Gasteiger partial charge on any atom is -0.324 e. The van der Waals surface area contributed by atoms with Crippen LogP contribution in [0.15, 0.2) is 71.5 Å². The van der Waals surface area contributed by atoms with E-state index in [9.17, 15) is 18.0 Å². The highest BCUT2D eigenvalue weighted by Crippen LogP contribution is 2.16. The molecule has 0 bridgehead atoms. The van der Waals surface area contributed by atoms with Gasteiger partial charge in [-0.25, -0.2) is 13.1 Å². The Bertz CT molecular complexity index is 1170. The number of carbonyl (C=O) groups is 1. The molecule has 0 radical (unpaired) electrons. The van der Waals surface area contributed by atoms with E-state index in [0.29, 0.717) is 23.5 Å². The second kappa shape index (κ2) is 9.36. The Kier molecular flexibility index (Phi) is 6.63. The number of anilines is 2. The van der Waals surface area contributed by atoms with Crippen LogP contribution in [-0.4, -0.2) is 29.9 Å². The van der Waals surface area contributed by atoms with E-state index in [-0.39, 0.29) is 17.9 Å². The van der Waals surface area contributed by atoms with Crippen LogP contribution in [0.3, 0.4) is 0 Å². The maximum atomic E-state index is 12.4. The fraction of sp³-hybridized carbons (Fsp3) is 0.190. The second-order valence-corrected chi connectivity index (χ2v) is 8.47. The van der Waals surface area contributed by atoms with E-state index in [1.165, 1.54) is 6.07 Å². The molecule has 0 fully saturated rings. The van der Waals surface area contributed by atoms with Crippen molar-refractivity contribution in [2.45, 2.75) is 19.9 Å². The predicted molar refractivity (Wildman–Crippen MR) is 117 cm³/mol. The fourth-order valence-electron chi connectivity index (χ4n) is 2.78. The summed E-state index contributed by atoms with van der Waals surface area (Å²) in [6, 6.07) is 18.6. The summed E-state index contributed by atoms with van der Waals surface area (Å²) in [5.74, 6) is -0.385. The summed E-state index contributed by atoms with van der Waals surface area (Å²) in [5.41, 5.74) is 1.94. The quantitative estimate of drug-likeness (QED) is 0.575. The molecule has 30 heavy (non-hydrogen) atoms. The van der Waals surface area contributed by atoms with Crippen molar-refractivity contribution in [3.63, 3.8) is 0 Å². The maximum Gasteiger partial charge on any atom is 0.267 e. The van der Waals surface area contributed by atoms with Gasteiger partial charge >= 0.3 is 0 Å². The lowest BCUT2D eigenvalue weighted by Crippen LogP contribution is -2.29. The number of aromatic nitrogens is 2. The van der Waals surface area contributed by atoms with Crippen molar-refractivity contribution < 1.29 is 13.2 Å². The van der Waals surface area contributed by atoms with Gasteiger partial charge in [-0.15, -0.1) is 0 Å². The summed E-state index contributed by atoms with van der Waals surface area (Å²) in [5, 5.41) is 6.94. The number of hydrogen-bond donors (Lipinski definition) is 2. The van der Waals surface area contributed by atoms with Gasteiger partial charge in [-0.1, -0.05) is 37.3 Å². The Hall–Kier alpha value is -3.46. The second-order valence-electron chi connectivity index (χ2n) is 6.63. The standard InChI is InChI=1S/C21H22N4O4S/c1-2-14-30(28,29)24-18-10-8-17(9-11-18)22-20(26)15-25-21(27)13-12-19(23-25)16-6-4-3-5-7-16/h3-13,24H,2,14-15H2,1H3,(H,22,26). The first kappa shape index (κ1) is 21.3. The monoisotopic (exact) mass is 426 g/mol. The van der Waals surface area contributed by atoms with Gasteiger partial charge < -0.3 is 5.32 Å². The minimum absolute atomic E-state index is 0.0370. The molecule has 0 unspecified atom stereocenters. The van der Waals surface area contributed by atoms with Crippen molar-refractivity contribution in [1.82, 2.24) is 9.78 Å². The number of rotatable bonds is 8. The number of carbonyl (C=O) groups excluding carboxylic acids is 1. The maximum absolute atomic E-state index is 12.4. The van der Waals surface area contributed by atoms with Crippen LogP contribution >= 0.6 is 0 Å². The Balaban J connectivity index is 1.67. The molecular weight excluding hydrogens is 404 g/mol. The average molecular weight is 426 g/mol. The smallest absolute Gasteiger partial charge is 0.267 e. The molecule has 2 N–H and O–H groups in total. The summed E-state index contributed by atoms with van der Waals surface area (Å²) in [4.78, 5) is 24.4. The molecule has 0 aliphatic heterocycles. The Labute approximate surface area is 174 Å². The zero-order chi connectivity index (χ0) is 21.6. The van der Waals surface area contributed by atoms with Crippen molar-refractivity contribution >= 4 is 27.3 Å². The minimum atomic E-state index is -3.38. The Morgan fingerprint density at radius 2 is 1.63 bits per heavy atom. The van der Waals surface area contributed by atoms with Gasteiger partial charge in [0.1, 0.15) is 6.54 Å². The molecule has 9 heteroatoms. The van der Waals surface area contributed by atoms with Crippen molar-refractivity contribution in [2.24, 2.45) is 0 Å². The molecule has 156 valence electrons. The molecule has 1 amide bonds. The van der Waals surface area contributed by atoms with Gasteiger partial charge in [0.05, 0.1) is 11.4 Å². The molecular formula is C21H22N4O4S. The van der Waals surface area contributed by atoms with E-state index in [1.807, 2.05) is 30.3 Å². The molecule has 1 heterocycles. The van der Waals surface area contributed by atoms with E-state index in [2.05, 4.69) is 15.1 Å². The van der Waals surface area contributed by atoms with Crippen LogP contribution in [0.4, 0.5) is 11.4 Å². The van der Waals surface area contributed by atoms with Gasteiger partial charge in [-0.3, -0.25) is 14.3 Å². The summed E-state index contributed by atoms with van der Waals surface area (Å²) in [6.07, 6.45) is 0.516. The van der Waals surface area contributed by atoms with E-state index in [4.69, 9.17) is 0 Å². The molecule has 0 aliphatic rings. The molecule has 3 rings (SSSR count). The third-order valence-corrected chi connectivity index (χ3v) is 5.64. The molecule has 1 aromatic heterocycles. The zero-order valence-electron chi connectivity index (χ0n) is 16.4. The third kappa shape index (κ3) is 5.77. The number of nitrogens with zero attached hydrogens (tertiary/aromatic N) is 2. The van der Waals surface area contributed by atoms with Gasteiger partial charge in [0, 0.05) is 23.0 Å². The topological polar surface area (TPSA) is 110 Å². The molecule has 8 nitrogen and oxygen atoms in total. The molecule has 0 aliphatic carbocycles. The van der Waals surface area contributed by atoms with Crippen LogP contribution in [0.5, 0.6) is 0 Å². The first-order chi connectivity index (χ1) is 14.4. The van der Waals surface area contributed by atoms with Crippen molar-refractivity contribution in [3.8, 4) is 11.3 Å². The van der Waals surface area contributed by atoms with Crippen molar-refractivity contribution in [1.29, 1.82) is 0 Å². The fourth-order valence-corrected chi connectivity index (χ4v) is 3.92. The molecule has 0 saturated heterocycles. The third-order valence-electron chi connectivity index (χ3n) is 4.14. The normalized spacial score (nSPS) is 11.1. The molecule has 0 spiro atoms. The molecule has 0 saturated carbocycles. The van der Waals surface area contributed by atoms with Gasteiger partial charge in [0.2, 0.25) is 15.9 Å². The van der Waals surface area contributed by atoms with Gasteiger partial charge in [0.15, 0.2) is 0 Å². The first-order valence-electron chi connectivity index (χ1n) is 9.40. The lowest BCUT2D eigenvalue weighted by Gasteiger charge is -2.10. The van der Waals surface area contributed by atoms with E-state index in [1.54, 1.807) is 37.3 Å². The predicted octanol–water partition coefficient (Wildman–Crippen LogP) is 2.70. The Morgan fingerprint density at radius 3 is 2.30 bits per heavy atom. The van der Waals surface area contributed by atoms with Crippen LogP contribution in [0.2, 0.25) is 0 Å². The highest BCUT2D eigenvalue weighted by molar-refractivity contribution is 7.92. The van der Waals surface area contributed by atoms with Crippen LogP contribution < -0.4 is 15.6 Å². The number of sulfonamides is 1. The van der Waals surface area contributed by atoms with E-state index in [0.717, 1.165) is 10.2 Å². The number of hydrogen-bond acceptors (Lipinski definition) is 5. The lowest BCUT2D eigenvalue weighted by molar-refractivity contribution is -0.117. The summed E-state index contributed by atoms with van der Waals surface area (Å²) >= 11 is 0. The molecule has 3 aromatic rings. The Morgan fingerprint density at radius 1 is 0.967 bits per heavy atom. The first-order valence-corrected chi connectivity index (χ1v) is 11.1. The summed E-state index contributed by atoms with van der Waals surface area (Å²) < 4.78 is 27.2. The van der Waals surface area contributed by atoms with Crippen LogP contribution in [0.25, 0.3) is 11.3 Å². The SMILES string of the molecule is CCCS(=O)(=O)Nc1ccc(NC(=O)Cn2nc(-c3ccccc3)ccc2=O)cc1. The van der Waals surface area contributed by atoms with Gasteiger partial charge in [-0.2, -0.15) is 5.10 Å². The highest BCUT2D eigenvalue weighted by Gasteiger charge is 2.10. The largest absolute Gasteiger partial charge is 0.324 e.